The number of carbonyl (C=O) groups is 1. The summed E-state index contributed by atoms with van der Waals surface area (Å²) in [5.41, 5.74) is -0.635. The van der Waals surface area contributed by atoms with Crippen LogP contribution in [-0.4, -0.2) is 30.8 Å². The minimum Gasteiger partial charge on any atom is -0.379 e. The minimum absolute atomic E-state index is 0.0946. The zero-order valence-corrected chi connectivity index (χ0v) is 9.29. The molecule has 1 heterocycles. The topological polar surface area (TPSA) is 74.2 Å². The van der Waals surface area contributed by atoms with Crippen LogP contribution in [0.15, 0.2) is 0 Å². The number of nitriles is 1. The maximum atomic E-state index is 11.7. The SMILES string of the molecule is N#CC1(NC(=O)NC2CCOC2)CCCC1. The van der Waals surface area contributed by atoms with Gasteiger partial charge in [0.1, 0.15) is 5.54 Å². The van der Waals surface area contributed by atoms with E-state index >= 15 is 0 Å². The van der Waals surface area contributed by atoms with E-state index in [4.69, 9.17) is 10.00 Å². The molecule has 0 radical (unpaired) electrons. The number of ether oxygens (including phenoxy) is 1. The van der Waals surface area contributed by atoms with Crippen molar-refractivity contribution in [1.82, 2.24) is 10.6 Å². The van der Waals surface area contributed by atoms with Crippen LogP contribution in [0.5, 0.6) is 0 Å². The van der Waals surface area contributed by atoms with Crippen LogP contribution in [0.4, 0.5) is 4.79 Å². The van der Waals surface area contributed by atoms with Crippen LogP contribution in [0, 0.1) is 11.3 Å². The van der Waals surface area contributed by atoms with E-state index in [9.17, 15) is 4.79 Å². The molecule has 1 saturated carbocycles. The molecular formula is C11H17N3O2. The van der Waals surface area contributed by atoms with E-state index in [0.29, 0.717) is 13.2 Å². The van der Waals surface area contributed by atoms with Gasteiger partial charge in [-0.2, -0.15) is 5.26 Å². The number of nitrogens with zero attached hydrogens (tertiary/aromatic N) is 1. The van der Waals surface area contributed by atoms with Crippen molar-refractivity contribution in [2.75, 3.05) is 13.2 Å². The Labute approximate surface area is 95.1 Å². The fraction of sp³-hybridized carbons (Fsp3) is 0.818. The third-order valence-corrected chi connectivity index (χ3v) is 3.29. The quantitative estimate of drug-likeness (QED) is 0.730. The lowest BCUT2D eigenvalue weighted by Gasteiger charge is -2.23. The number of rotatable bonds is 2. The molecule has 88 valence electrons. The average molecular weight is 223 g/mol. The standard InChI is InChI=1S/C11H17N3O2/c12-8-11(4-1-2-5-11)14-10(15)13-9-3-6-16-7-9/h9H,1-7H2,(H2,13,14,15). The molecule has 0 bridgehead atoms. The highest BCUT2D eigenvalue weighted by Gasteiger charge is 2.35. The Morgan fingerprint density at radius 2 is 2.19 bits per heavy atom. The van der Waals surface area contributed by atoms with Crippen molar-refractivity contribution >= 4 is 6.03 Å². The van der Waals surface area contributed by atoms with Gasteiger partial charge in [0, 0.05) is 6.61 Å². The monoisotopic (exact) mass is 223 g/mol. The first-order chi connectivity index (χ1) is 7.74. The van der Waals surface area contributed by atoms with Crippen LogP contribution in [0.1, 0.15) is 32.1 Å². The molecule has 0 aromatic heterocycles. The highest BCUT2D eigenvalue weighted by molar-refractivity contribution is 5.75. The highest BCUT2D eigenvalue weighted by atomic mass is 16.5. The summed E-state index contributed by atoms with van der Waals surface area (Å²) in [4.78, 5) is 11.7. The zero-order valence-electron chi connectivity index (χ0n) is 9.29. The van der Waals surface area contributed by atoms with Crippen molar-refractivity contribution < 1.29 is 9.53 Å². The van der Waals surface area contributed by atoms with Gasteiger partial charge in [-0.25, -0.2) is 4.79 Å². The Kier molecular flexibility index (Phi) is 3.30. The molecule has 5 nitrogen and oxygen atoms in total. The van der Waals surface area contributed by atoms with Gasteiger partial charge < -0.3 is 15.4 Å². The fourth-order valence-corrected chi connectivity index (χ4v) is 2.33. The second-order valence-electron chi connectivity index (χ2n) is 4.56. The minimum atomic E-state index is -0.635. The molecule has 1 aliphatic heterocycles. The van der Waals surface area contributed by atoms with Crippen LogP contribution in [-0.2, 0) is 4.74 Å². The lowest BCUT2D eigenvalue weighted by molar-refractivity contribution is 0.187. The van der Waals surface area contributed by atoms with E-state index in [-0.39, 0.29) is 12.1 Å². The molecule has 0 aromatic carbocycles. The average Bonchev–Trinajstić information content (AvgIpc) is 2.90. The van der Waals surface area contributed by atoms with E-state index in [1.165, 1.54) is 0 Å². The molecule has 2 N–H and O–H groups in total. The number of urea groups is 1. The van der Waals surface area contributed by atoms with Crippen molar-refractivity contribution in [2.45, 2.75) is 43.7 Å². The fourth-order valence-electron chi connectivity index (χ4n) is 2.33. The lowest BCUT2D eigenvalue weighted by Crippen LogP contribution is -2.52. The summed E-state index contributed by atoms with van der Waals surface area (Å²) < 4.78 is 5.17. The van der Waals surface area contributed by atoms with Crippen LogP contribution < -0.4 is 10.6 Å². The molecular weight excluding hydrogens is 206 g/mol. The Morgan fingerprint density at radius 1 is 1.44 bits per heavy atom. The van der Waals surface area contributed by atoms with E-state index in [1.807, 2.05) is 0 Å². The maximum absolute atomic E-state index is 11.7. The summed E-state index contributed by atoms with van der Waals surface area (Å²) in [7, 11) is 0. The van der Waals surface area contributed by atoms with Gasteiger partial charge in [-0.1, -0.05) is 0 Å². The van der Waals surface area contributed by atoms with Gasteiger partial charge in [-0.05, 0) is 32.1 Å². The molecule has 2 aliphatic rings. The Balaban J connectivity index is 1.83. The number of nitrogens with one attached hydrogen (secondary N) is 2. The van der Waals surface area contributed by atoms with Crippen LogP contribution >= 0.6 is 0 Å². The van der Waals surface area contributed by atoms with Gasteiger partial charge in [-0.3, -0.25) is 0 Å². The van der Waals surface area contributed by atoms with Gasteiger partial charge in [0.25, 0.3) is 0 Å². The highest BCUT2D eigenvalue weighted by Crippen LogP contribution is 2.28. The Bertz CT molecular complexity index is 299. The second kappa shape index (κ2) is 4.71. The number of hydrogen-bond acceptors (Lipinski definition) is 3. The molecule has 1 saturated heterocycles. The molecule has 2 amide bonds. The Hall–Kier alpha value is -1.28. The maximum Gasteiger partial charge on any atom is 0.316 e. The predicted molar refractivity (Wildman–Crippen MR) is 57.7 cm³/mol. The molecule has 1 aliphatic carbocycles. The summed E-state index contributed by atoms with van der Waals surface area (Å²) in [5, 5.41) is 14.7. The molecule has 0 aromatic rings. The second-order valence-corrected chi connectivity index (χ2v) is 4.56. The van der Waals surface area contributed by atoms with Gasteiger partial charge >= 0.3 is 6.03 Å². The molecule has 1 atom stereocenters. The van der Waals surface area contributed by atoms with Crippen LogP contribution in [0.2, 0.25) is 0 Å². The molecule has 16 heavy (non-hydrogen) atoms. The van der Waals surface area contributed by atoms with E-state index in [2.05, 4.69) is 16.7 Å². The smallest absolute Gasteiger partial charge is 0.316 e. The van der Waals surface area contributed by atoms with Gasteiger partial charge in [0.2, 0.25) is 0 Å². The van der Waals surface area contributed by atoms with Gasteiger partial charge in [0.15, 0.2) is 0 Å². The first-order valence-electron chi connectivity index (χ1n) is 5.82. The largest absolute Gasteiger partial charge is 0.379 e. The molecule has 5 heteroatoms. The third kappa shape index (κ3) is 2.45. The first-order valence-corrected chi connectivity index (χ1v) is 5.82. The van der Waals surface area contributed by atoms with Crippen molar-refractivity contribution in [1.29, 1.82) is 5.26 Å². The molecule has 2 fully saturated rings. The summed E-state index contributed by atoms with van der Waals surface area (Å²) in [6, 6.07) is 2.09. The summed E-state index contributed by atoms with van der Waals surface area (Å²) in [5.74, 6) is 0. The van der Waals surface area contributed by atoms with E-state index < -0.39 is 5.54 Å². The van der Waals surface area contributed by atoms with Crippen LogP contribution in [0.3, 0.4) is 0 Å². The molecule has 1 unspecified atom stereocenters. The van der Waals surface area contributed by atoms with Crippen LogP contribution in [0.25, 0.3) is 0 Å². The molecule has 0 spiro atoms. The summed E-state index contributed by atoms with van der Waals surface area (Å²) >= 11 is 0. The predicted octanol–water partition coefficient (Wildman–Crippen LogP) is 0.911. The van der Waals surface area contributed by atoms with Crippen molar-refractivity contribution in [3.8, 4) is 6.07 Å². The van der Waals surface area contributed by atoms with Crippen molar-refractivity contribution in [3.05, 3.63) is 0 Å². The normalized spacial score (nSPS) is 27.3. The zero-order chi connectivity index (χ0) is 11.4. The van der Waals surface area contributed by atoms with E-state index in [0.717, 1.165) is 32.1 Å². The van der Waals surface area contributed by atoms with E-state index in [1.54, 1.807) is 0 Å². The number of amides is 2. The Morgan fingerprint density at radius 3 is 2.75 bits per heavy atom. The summed E-state index contributed by atoms with van der Waals surface area (Å²) in [6.45, 7) is 1.28. The van der Waals surface area contributed by atoms with Gasteiger partial charge in [-0.15, -0.1) is 0 Å². The van der Waals surface area contributed by atoms with Crippen molar-refractivity contribution in [2.24, 2.45) is 0 Å². The van der Waals surface area contributed by atoms with Crippen molar-refractivity contribution in [3.63, 3.8) is 0 Å². The molecule has 2 rings (SSSR count). The third-order valence-electron chi connectivity index (χ3n) is 3.29. The number of carbonyl (C=O) groups excluding carboxylic acids is 1. The first kappa shape index (κ1) is 11.2. The summed E-state index contributed by atoms with van der Waals surface area (Å²) in [6.07, 6.45) is 4.41. The van der Waals surface area contributed by atoms with Gasteiger partial charge in [0.05, 0.1) is 18.7 Å². The number of hydrogen-bond donors (Lipinski definition) is 2. The lowest BCUT2D eigenvalue weighted by atomic mass is 10.0.